The average molecular weight is 281 g/mol. The Hall–Kier alpha value is -2.54. The summed E-state index contributed by atoms with van der Waals surface area (Å²) in [5.41, 5.74) is 4.22. The third-order valence-electron chi connectivity index (χ3n) is 3.62. The van der Waals surface area contributed by atoms with Gasteiger partial charge in [0.15, 0.2) is 0 Å². The lowest BCUT2D eigenvalue weighted by Crippen LogP contribution is -2.15. The zero-order valence-corrected chi connectivity index (χ0v) is 11.4. The molecule has 7 heteroatoms. The fourth-order valence-corrected chi connectivity index (χ4v) is 2.32. The van der Waals surface area contributed by atoms with E-state index >= 15 is 0 Å². The summed E-state index contributed by atoms with van der Waals surface area (Å²) in [4.78, 5) is 0. The van der Waals surface area contributed by atoms with E-state index < -0.39 is 0 Å². The fourth-order valence-electron chi connectivity index (χ4n) is 2.32. The number of nitrogens with zero attached hydrogens (tertiary/aromatic N) is 5. The molecular weight excluding hydrogens is 266 g/mol. The lowest BCUT2D eigenvalue weighted by molar-refractivity contribution is 0.689. The van der Waals surface area contributed by atoms with E-state index in [0.29, 0.717) is 6.04 Å². The first-order valence-electron chi connectivity index (χ1n) is 6.99. The molecule has 0 spiro atoms. The maximum atomic E-state index is 4.18. The molecule has 0 atom stereocenters. The summed E-state index contributed by atoms with van der Waals surface area (Å²) in [5, 5.41) is 22.0. The second-order valence-corrected chi connectivity index (χ2v) is 5.23. The zero-order valence-electron chi connectivity index (χ0n) is 11.4. The van der Waals surface area contributed by atoms with Crippen LogP contribution in [0.4, 0.5) is 0 Å². The van der Waals surface area contributed by atoms with Crippen LogP contribution in [0.3, 0.4) is 0 Å². The molecule has 2 heterocycles. The average Bonchev–Trinajstić information content (AvgIpc) is 3.03. The predicted molar refractivity (Wildman–Crippen MR) is 76.6 cm³/mol. The van der Waals surface area contributed by atoms with Gasteiger partial charge >= 0.3 is 0 Å². The Labute approximate surface area is 121 Å². The van der Waals surface area contributed by atoms with Crippen molar-refractivity contribution in [2.75, 3.05) is 0 Å². The monoisotopic (exact) mass is 281 g/mol. The van der Waals surface area contributed by atoms with Crippen molar-refractivity contribution in [3.05, 3.63) is 42.4 Å². The first-order valence-corrected chi connectivity index (χ1v) is 6.99. The summed E-state index contributed by atoms with van der Waals surface area (Å²) >= 11 is 0. The van der Waals surface area contributed by atoms with E-state index in [1.165, 1.54) is 18.4 Å². The number of hydrogen-bond donors (Lipinski definition) is 2. The molecule has 0 amide bonds. The summed E-state index contributed by atoms with van der Waals surface area (Å²) < 4.78 is 1.64. The van der Waals surface area contributed by atoms with Crippen LogP contribution in [0.15, 0.2) is 36.8 Å². The van der Waals surface area contributed by atoms with Crippen molar-refractivity contribution < 1.29 is 0 Å². The smallest absolute Gasteiger partial charge is 0.143 e. The van der Waals surface area contributed by atoms with Crippen molar-refractivity contribution in [2.24, 2.45) is 0 Å². The minimum Gasteiger partial charge on any atom is -0.310 e. The molecule has 1 fully saturated rings. The number of hydrogen-bond acceptors (Lipinski definition) is 5. The van der Waals surface area contributed by atoms with Crippen LogP contribution in [-0.2, 0) is 6.54 Å². The Balaban J connectivity index is 1.63. The molecule has 0 saturated heterocycles. The molecule has 21 heavy (non-hydrogen) atoms. The number of nitrogens with one attached hydrogen (secondary N) is 2. The molecule has 1 aromatic carbocycles. The van der Waals surface area contributed by atoms with Gasteiger partial charge in [-0.3, -0.25) is 5.10 Å². The third-order valence-corrected chi connectivity index (χ3v) is 3.62. The maximum absolute atomic E-state index is 4.18. The first-order chi connectivity index (χ1) is 10.4. The molecule has 0 aliphatic heterocycles. The molecule has 106 valence electrons. The Morgan fingerprint density at radius 1 is 1.33 bits per heavy atom. The van der Waals surface area contributed by atoms with E-state index in [9.17, 15) is 0 Å². The van der Waals surface area contributed by atoms with Crippen molar-refractivity contribution in [1.82, 2.24) is 35.7 Å². The van der Waals surface area contributed by atoms with Crippen LogP contribution >= 0.6 is 0 Å². The lowest BCUT2D eigenvalue weighted by Gasteiger charge is -2.06. The molecule has 7 nitrogen and oxygen atoms in total. The third kappa shape index (κ3) is 2.55. The van der Waals surface area contributed by atoms with Gasteiger partial charge < -0.3 is 5.32 Å². The summed E-state index contributed by atoms with van der Waals surface area (Å²) in [5.74, 6) is 0. The van der Waals surface area contributed by atoms with Crippen molar-refractivity contribution in [2.45, 2.75) is 25.4 Å². The quantitative estimate of drug-likeness (QED) is 0.736. The van der Waals surface area contributed by atoms with Gasteiger partial charge in [-0.15, -0.1) is 5.10 Å². The van der Waals surface area contributed by atoms with Crippen molar-refractivity contribution in [3.8, 4) is 16.9 Å². The molecule has 0 bridgehead atoms. The number of benzene rings is 1. The van der Waals surface area contributed by atoms with Gasteiger partial charge in [-0.05, 0) is 35.4 Å². The van der Waals surface area contributed by atoms with Crippen molar-refractivity contribution in [1.29, 1.82) is 0 Å². The SMILES string of the molecule is c1cc(-c2[nH]ncc2CNC2CC2)cc(-n2cnnn2)c1. The number of aromatic amines is 1. The first kappa shape index (κ1) is 12.2. The van der Waals surface area contributed by atoms with E-state index in [1.807, 2.05) is 24.4 Å². The number of H-pyrrole nitrogens is 1. The Morgan fingerprint density at radius 2 is 2.29 bits per heavy atom. The van der Waals surface area contributed by atoms with E-state index in [0.717, 1.165) is 23.5 Å². The molecule has 0 radical (unpaired) electrons. The highest BCUT2D eigenvalue weighted by Gasteiger charge is 2.21. The van der Waals surface area contributed by atoms with Crippen LogP contribution in [-0.4, -0.2) is 36.4 Å². The second kappa shape index (κ2) is 5.10. The van der Waals surface area contributed by atoms with Crippen molar-refractivity contribution >= 4 is 0 Å². The normalized spacial score (nSPS) is 14.5. The molecule has 2 aromatic heterocycles. The van der Waals surface area contributed by atoms with Gasteiger partial charge in [0.2, 0.25) is 0 Å². The van der Waals surface area contributed by atoms with Crippen molar-refractivity contribution in [3.63, 3.8) is 0 Å². The topological polar surface area (TPSA) is 84.3 Å². The van der Waals surface area contributed by atoms with Crippen LogP contribution in [0.2, 0.25) is 0 Å². The molecule has 4 rings (SSSR count). The van der Waals surface area contributed by atoms with Crippen LogP contribution in [0, 0.1) is 0 Å². The van der Waals surface area contributed by atoms with Crippen LogP contribution in [0.5, 0.6) is 0 Å². The predicted octanol–water partition coefficient (Wildman–Crippen LogP) is 1.30. The van der Waals surface area contributed by atoms with Crippen LogP contribution < -0.4 is 5.32 Å². The molecule has 1 aliphatic carbocycles. The number of aromatic nitrogens is 6. The van der Waals surface area contributed by atoms with Gasteiger partial charge in [0.1, 0.15) is 6.33 Å². The number of rotatable bonds is 5. The van der Waals surface area contributed by atoms with Gasteiger partial charge in [0.25, 0.3) is 0 Å². The standard InChI is InChI=1S/C14H15N7/c1-2-10(6-13(3-1)21-9-17-19-20-21)14-11(8-16-18-14)7-15-12-4-5-12/h1-3,6,8-9,12,15H,4-5,7H2,(H,16,18). The van der Waals surface area contributed by atoms with Crippen LogP contribution in [0.1, 0.15) is 18.4 Å². The van der Waals surface area contributed by atoms with E-state index in [2.05, 4.69) is 37.1 Å². The molecule has 3 aromatic rings. The van der Waals surface area contributed by atoms with Gasteiger partial charge in [0, 0.05) is 23.7 Å². The van der Waals surface area contributed by atoms with Crippen LogP contribution in [0.25, 0.3) is 16.9 Å². The second-order valence-electron chi connectivity index (χ2n) is 5.23. The molecule has 2 N–H and O–H groups in total. The molecule has 1 saturated carbocycles. The van der Waals surface area contributed by atoms with Gasteiger partial charge in [0.05, 0.1) is 17.6 Å². The summed E-state index contributed by atoms with van der Waals surface area (Å²) in [6, 6.07) is 8.75. The summed E-state index contributed by atoms with van der Waals surface area (Å²) in [6.07, 6.45) is 6.03. The van der Waals surface area contributed by atoms with Gasteiger partial charge in [-0.25, -0.2) is 4.68 Å². The zero-order chi connectivity index (χ0) is 14.1. The van der Waals surface area contributed by atoms with E-state index in [1.54, 1.807) is 11.0 Å². The lowest BCUT2D eigenvalue weighted by atomic mass is 10.1. The van der Waals surface area contributed by atoms with Gasteiger partial charge in [-0.1, -0.05) is 12.1 Å². The summed E-state index contributed by atoms with van der Waals surface area (Å²) in [7, 11) is 0. The van der Waals surface area contributed by atoms with Gasteiger partial charge in [-0.2, -0.15) is 5.10 Å². The number of tetrazole rings is 1. The minimum atomic E-state index is 0.681. The highest BCUT2D eigenvalue weighted by Crippen LogP contribution is 2.25. The highest BCUT2D eigenvalue weighted by atomic mass is 15.5. The van der Waals surface area contributed by atoms with E-state index in [4.69, 9.17) is 0 Å². The Morgan fingerprint density at radius 3 is 3.10 bits per heavy atom. The Kier molecular flexibility index (Phi) is 2.97. The minimum absolute atomic E-state index is 0.681. The maximum Gasteiger partial charge on any atom is 0.143 e. The molecular formula is C14H15N7. The molecule has 0 unspecified atom stereocenters. The highest BCUT2D eigenvalue weighted by molar-refractivity contribution is 5.65. The van der Waals surface area contributed by atoms with E-state index in [-0.39, 0.29) is 0 Å². The largest absolute Gasteiger partial charge is 0.310 e. The molecule has 1 aliphatic rings. The Bertz CT molecular complexity index is 727. The fraction of sp³-hybridized carbons (Fsp3) is 0.286. The summed E-state index contributed by atoms with van der Waals surface area (Å²) in [6.45, 7) is 0.839.